The maximum absolute atomic E-state index is 13.8. The number of carbonyl (C=O) groups excluding carboxylic acids is 3. The summed E-state index contributed by atoms with van der Waals surface area (Å²) in [4.78, 5) is 42.1. The van der Waals surface area contributed by atoms with Crippen molar-refractivity contribution in [3.05, 3.63) is 71.8 Å². The second-order valence-electron chi connectivity index (χ2n) is 9.09. The topological polar surface area (TPSA) is 87.7 Å². The summed E-state index contributed by atoms with van der Waals surface area (Å²) in [6.45, 7) is 0. The number of methoxy groups -OCH3 is 1. The van der Waals surface area contributed by atoms with Crippen molar-refractivity contribution >= 4 is 17.9 Å². The predicted molar refractivity (Wildman–Crippen MR) is 129 cm³/mol. The molecule has 2 N–H and O–H groups in total. The highest BCUT2D eigenvalue weighted by atomic mass is 16.5. The summed E-state index contributed by atoms with van der Waals surface area (Å²) >= 11 is 0. The van der Waals surface area contributed by atoms with Gasteiger partial charge in [-0.15, -0.1) is 0 Å². The third-order valence-electron chi connectivity index (χ3n) is 7.15. The second kappa shape index (κ2) is 10.7. The van der Waals surface area contributed by atoms with E-state index in [1.165, 1.54) is 13.5 Å². The SMILES string of the molecule is CNC(=O)C1C(c2ccccc2)C(C(=O)OC)C(c2ccccc2)N1C(=O)NC1CCCCC1. The third kappa shape index (κ3) is 4.65. The molecule has 7 nitrogen and oxygen atoms in total. The summed E-state index contributed by atoms with van der Waals surface area (Å²) in [6, 6.07) is 17.1. The average Bonchev–Trinajstić information content (AvgIpc) is 3.25. The van der Waals surface area contributed by atoms with Crippen molar-refractivity contribution in [2.75, 3.05) is 14.2 Å². The zero-order chi connectivity index (χ0) is 24.1. The average molecular weight is 464 g/mol. The molecule has 2 aromatic carbocycles. The number of esters is 1. The van der Waals surface area contributed by atoms with Crippen molar-refractivity contribution in [3.63, 3.8) is 0 Å². The molecular formula is C27H33N3O4. The highest BCUT2D eigenvalue weighted by molar-refractivity contribution is 5.92. The molecule has 1 heterocycles. The number of hydrogen-bond acceptors (Lipinski definition) is 4. The number of likely N-dealkylation sites (tertiary alicyclic amines) is 1. The Morgan fingerprint density at radius 3 is 2.03 bits per heavy atom. The predicted octanol–water partition coefficient (Wildman–Crippen LogP) is 3.77. The first-order chi connectivity index (χ1) is 16.6. The number of urea groups is 1. The van der Waals surface area contributed by atoms with Crippen LogP contribution in [0, 0.1) is 5.92 Å². The van der Waals surface area contributed by atoms with Crippen LogP contribution in [0.4, 0.5) is 4.79 Å². The summed E-state index contributed by atoms with van der Waals surface area (Å²) in [5, 5.41) is 5.91. The van der Waals surface area contributed by atoms with E-state index in [0.29, 0.717) is 0 Å². The van der Waals surface area contributed by atoms with Gasteiger partial charge in [0.1, 0.15) is 6.04 Å². The van der Waals surface area contributed by atoms with Crippen LogP contribution in [-0.2, 0) is 14.3 Å². The summed E-state index contributed by atoms with van der Waals surface area (Å²) in [5.41, 5.74) is 1.62. The van der Waals surface area contributed by atoms with E-state index in [0.717, 1.165) is 36.8 Å². The van der Waals surface area contributed by atoms with Crippen LogP contribution in [0.3, 0.4) is 0 Å². The molecule has 4 atom stereocenters. The smallest absolute Gasteiger partial charge is 0.318 e. The molecule has 0 bridgehead atoms. The fourth-order valence-corrected chi connectivity index (χ4v) is 5.59. The fraction of sp³-hybridized carbons (Fsp3) is 0.444. The number of rotatable bonds is 5. The standard InChI is InChI=1S/C27H33N3O4/c1-28-25(31)24-21(18-12-6-3-7-13-18)22(26(32)34-2)23(19-14-8-4-9-15-19)30(24)27(33)29-20-16-10-5-11-17-20/h3-4,6-9,12-15,20-24H,5,10-11,16-17H2,1-2H3,(H,28,31)(H,29,33). The minimum absolute atomic E-state index is 0.0652. The van der Waals surface area contributed by atoms with Gasteiger partial charge in [0, 0.05) is 19.0 Å². The lowest BCUT2D eigenvalue weighted by atomic mass is 9.80. The maximum atomic E-state index is 13.8. The molecule has 1 aliphatic carbocycles. The molecule has 7 heteroatoms. The van der Waals surface area contributed by atoms with E-state index in [-0.39, 0.29) is 18.0 Å². The monoisotopic (exact) mass is 463 g/mol. The molecule has 1 saturated heterocycles. The van der Waals surface area contributed by atoms with E-state index in [4.69, 9.17) is 4.74 Å². The van der Waals surface area contributed by atoms with Crippen LogP contribution in [0.1, 0.15) is 55.2 Å². The van der Waals surface area contributed by atoms with E-state index in [1.807, 2.05) is 60.7 Å². The number of nitrogens with one attached hydrogen (secondary N) is 2. The van der Waals surface area contributed by atoms with E-state index >= 15 is 0 Å². The Morgan fingerprint density at radius 1 is 0.882 bits per heavy atom. The van der Waals surface area contributed by atoms with E-state index in [1.54, 1.807) is 11.9 Å². The number of benzene rings is 2. The lowest BCUT2D eigenvalue weighted by molar-refractivity contribution is -0.146. The van der Waals surface area contributed by atoms with Gasteiger partial charge < -0.3 is 20.3 Å². The number of likely N-dealkylation sites (N-methyl/N-ethyl adjacent to an activating group) is 1. The Balaban J connectivity index is 1.85. The number of amides is 3. The molecule has 2 fully saturated rings. The lowest BCUT2D eigenvalue weighted by Gasteiger charge is -2.33. The Morgan fingerprint density at radius 2 is 1.47 bits per heavy atom. The first kappa shape index (κ1) is 23.8. The van der Waals surface area contributed by atoms with Crippen molar-refractivity contribution in [2.24, 2.45) is 5.92 Å². The Labute approximate surface area is 200 Å². The Hall–Kier alpha value is -3.35. The minimum atomic E-state index is -0.870. The van der Waals surface area contributed by atoms with Crippen LogP contribution in [0.15, 0.2) is 60.7 Å². The highest BCUT2D eigenvalue weighted by Gasteiger charge is 2.58. The first-order valence-electron chi connectivity index (χ1n) is 12.0. The highest BCUT2D eigenvalue weighted by Crippen LogP contribution is 2.50. The number of ether oxygens (including phenoxy) is 1. The molecule has 34 heavy (non-hydrogen) atoms. The molecule has 3 amide bonds. The van der Waals surface area contributed by atoms with Gasteiger partial charge in [0.25, 0.3) is 0 Å². The van der Waals surface area contributed by atoms with Crippen molar-refractivity contribution in [3.8, 4) is 0 Å². The van der Waals surface area contributed by atoms with Gasteiger partial charge in [-0.1, -0.05) is 79.9 Å². The van der Waals surface area contributed by atoms with Crippen molar-refractivity contribution in [1.82, 2.24) is 15.5 Å². The van der Waals surface area contributed by atoms with Gasteiger partial charge >= 0.3 is 12.0 Å². The normalized spacial score (nSPS) is 24.9. The molecule has 0 aromatic heterocycles. The molecular weight excluding hydrogens is 430 g/mol. The van der Waals surface area contributed by atoms with Gasteiger partial charge in [0.05, 0.1) is 19.1 Å². The van der Waals surface area contributed by atoms with Gasteiger partial charge in [-0.3, -0.25) is 9.59 Å². The largest absolute Gasteiger partial charge is 0.469 e. The molecule has 4 unspecified atom stereocenters. The van der Waals surface area contributed by atoms with Gasteiger partial charge in [-0.05, 0) is 24.0 Å². The van der Waals surface area contributed by atoms with Crippen molar-refractivity contribution < 1.29 is 19.1 Å². The Bertz CT molecular complexity index is 991. The van der Waals surface area contributed by atoms with Gasteiger partial charge in [0.15, 0.2) is 0 Å². The van der Waals surface area contributed by atoms with Crippen LogP contribution >= 0.6 is 0 Å². The van der Waals surface area contributed by atoms with Gasteiger partial charge in [-0.2, -0.15) is 0 Å². The van der Waals surface area contributed by atoms with E-state index in [2.05, 4.69) is 10.6 Å². The molecule has 1 saturated carbocycles. The lowest BCUT2D eigenvalue weighted by Crippen LogP contribution is -2.53. The molecule has 0 spiro atoms. The second-order valence-corrected chi connectivity index (χ2v) is 9.09. The minimum Gasteiger partial charge on any atom is -0.469 e. The molecule has 180 valence electrons. The first-order valence-corrected chi connectivity index (χ1v) is 12.0. The van der Waals surface area contributed by atoms with Crippen molar-refractivity contribution in [1.29, 1.82) is 0 Å². The zero-order valence-corrected chi connectivity index (χ0v) is 19.8. The summed E-state index contributed by atoms with van der Waals surface area (Å²) < 4.78 is 5.25. The van der Waals surface area contributed by atoms with Crippen LogP contribution in [0.2, 0.25) is 0 Å². The Kier molecular flexibility index (Phi) is 7.50. The van der Waals surface area contributed by atoms with Crippen LogP contribution in [0.25, 0.3) is 0 Å². The third-order valence-corrected chi connectivity index (χ3v) is 7.15. The van der Waals surface area contributed by atoms with Crippen LogP contribution < -0.4 is 10.6 Å². The van der Waals surface area contributed by atoms with Crippen LogP contribution in [-0.4, -0.2) is 49.0 Å². The number of hydrogen-bond donors (Lipinski definition) is 2. The molecule has 2 aromatic rings. The molecule has 2 aliphatic rings. The molecule has 1 aliphatic heterocycles. The van der Waals surface area contributed by atoms with Crippen LogP contribution in [0.5, 0.6) is 0 Å². The number of carbonyl (C=O) groups is 3. The zero-order valence-electron chi connectivity index (χ0n) is 19.8. The molecule has 0 radical (unpaired) electrons. The maximum Gasteiger partial charge on any atom is 0.318 e. The summed E-state index contributed by atoms with van der Waals surface area (Å²) in [6.07, 6.45) is 5.16. The van der Waals surface area contributed by atoms with Gasteiger partial charge in [-0.25, -0.2) is 4.79 Å². The quantitative estimate of drug-likeness (QED) is 0.661. The van der Waals surface area contributed by atoms with Crippen molar-refractivity contribution in [2.45, 2.75) is 56.1 Å². The number of nitrogens with zero attached hydrogens (tertiary/aromatic N) is 1. The fourth-order valence-electron chi connectivity index (χ4n) is 5.59. The van der Waals surface area contributed by atoms with E-state index in [9.17, 15) is 14.4 Å². The summed E-state index contributed by atoms with van der Waals surface area (Å²) in [5.74, 6) is -2.05. The van der Waals surface area contributed by atoms with Gasteiger partial charge in [0.2, 0.25) is 5.91 Å². The van der Waals surface area contributed by atoms with E-state index < -0.39 is 29.9 Å². The summed E-state index contributed by atoms with van der Waals surface area (Å²) in [7, 11) is 2.91. The molecule has 4 rings (SSSR count).